The fourth-order valence-electron chi connectivity index (χ4n) is 2.70. The Labute approximate surface area is 178 Å². The highest BCUT2D eigenvalue weighted by Gasteiger charge is 2.15. The van der Waals surface area contributed by atoms with Crippen molar-refractivity contribution in [3.05, 3.63) is 76.7 Å². The quantitative estimate of drug-likeness (QED) is 0.472. The number of nitrogens with zero attached hydrogens (tertiary/aromatic N) is 1. The van der Waals surface area contributed by atoms with E-state index in [2.05, 4.69) is 33.4 Å². The van der Waals surface area contributed by atoms with Crippen molar-refractivity contribution < 1.29 is 13.9 Å². The Kier molecular flexibility index (Phi) is 6.95. The number of methoxy groups -OCH3 is 2. The van der Waals surface area contributed by atoms with Crippen LogP contribution < -0.4 is 14.8 Å². The maximum atomic E-state index is 5.70. The molecule has 5 nitrogen and oxygen atoms in total. The number of halogens is 1. The molecule has 0 saturated carbocycles. The minimum absolute atomic E-state index is 0.549. The predicted octanol–water partition coefficient (Wildman–Crippen LogP) is 5.46. The molecule has 0 bridgehead atoms. The van der Waals surface area contributed by atoms with E-state index in [0.717, 1.165) is 27.2 Å². The summed E-state index contributed by atoms with van der Waals surface area (Å²) in [5.74, 6) is 2.21. The average molecular weight is 461 g/mol. The van der Waals surface area contributed by atoms with Crippen molar-refractivity contribution in [1.29, 1.82) is 0 Å². The minimum Gasteiger partial charge on any atom is -0.497 e. The molecular weight excluding hydrogens is 440 g/mol. The normalized spacial score (nSPS) is 10.4. The van der Waals surface area contributed by atoms with E-state index in [0.29, 0.717) is 24.0 Å². The summed E-state index contributed by atoms with van der Waals surface area (Å²) in [6.07, 6.45) is 1.66. The maximum Gasteiger partial charge on any atom is 0.174 e. The molecule has 0 aliphatic heterocycles. The summed E-state index contributed by atoms with van der Waals surface area (Å²) in [6.45, 7) is 1.19. The number of nitrogens with one attached hydrogen (secondary N) is 1. The second-order valence-electron chi connectivity index (χ2n) is 6.06. The van der Waals surface area contributed by atoms with Gasteiger partial charge in [0.25, 0.3) is 0 Å². The summed E-state index contributed by atoms with van der Waals surface area (Å²) in [5, 5.41) is 3.85. The molecule has 3 rings (SSSR count). The van der Waals surface area contributed by atoms with Gasteiger partial charge in [0.1, 0.15) is 17.3 Å². The standard InChI is InChI=1S/C21H21BrN2O3S/c1-25-17-9-10-19(20(12-17)26-2)23-21(28)24(14-18-4-3-11-27-18)13-15-5-7-16(22)8-6-15/h3-12H,13-14H2,1-2H3,(H,23,28). The molecule has 3 aromatic rings. The van der Waals surface area contributed by atoms with Crippen molar-refractivity contribution in [2.45, 2.75) is 13.1 Å². The van der Waals surface area contributed by atoms with Gasteiger partial charge in [0.05, 0.1) is 32.7 Å². The molecular formula is C21H21BrN2O3S. The average Bonchev–Trinajstić information content (AvgIpc) is 3.22. The van der Waals surface area contributed by atoms with Gasteiger partial charge in [-0.1, -0.05) is 28.1 Å². The summed E-state index contributed by atoms with van der Waals surface area (Å²) in [7, 11) is 3.24. The lowest BCUT2D eigenvalue weighted by atomic mass is 10.2. The summed E-state index contributed by atoms with van der Waals surface area (Å²) in [6, 6.07) is 17.5. The van der Waals surface area contributed by atoms with Crippen LogP contribution in [0.1, 0.15) is 11.3 Å². The van der Waals surface area contributed by atoms with Gasteiger partial charge in [0, 0.05) is 17.1 Å². The van der Waals surface area contributed by atoms with Gasteiger partial charge in [-0.15, -0.1) is 0 Å². The molecule has 1 heterocycles. The van der Waals surface area contributed by atoms with Crippen LogP contribution in [0.25, 0.3) is 0 Å². The molecule has 0 aliphatic carbocycles. The molecule has 1 N–H and O–H groups in total. The van der Waals surface area contributed by atoms with Crippen LogP contribution in [0.3, 0.4) is 0 Å². The fraction of sp³-hybridized carbons (Fsp3) is 0.190. The van der Waals surface area contributed by atoms with Crippen molar-refractivity contribution in [2.24, 2.45) is 0 Å². The van der Waals surface area contributed by atoms with E-state index in [1.54, 1.807) is 20.5 Å². The van der Waals surface area contributed by atoms with Gasteiger partial charge in [-0.25, -0.2) is 0 Å². The number of benzene rings is 2. The number of anilines is 1. The zero-order chi connectivity index (χ0) is 19.9. The molecule has 0 unspecified atom stereocenters. The van der Waals surface area contributed by atoms with Crippen LogP contribution in [0.5, 0.6) is 11.5 Å². The van der Waals surface area contributed by atoms with E-state index in [1.807, 2.05) is 47.4 Å². The van der Waals surface area contributed by atoms with Gasteiger partial charge in [0.2, 0.25) is 0 Å². The lowest BCUT2D eigenvalue weighted by Crippen LogP contribution is -2.33. The van der Waals surface area contributed by atoms with Crippen LogP contribution in [0.2, 0.25) is 0 Å². The Bertz CT molecular complexity index is 914. The molecule has 0 atom stereocenters. The summed E-state index contributed by atoms with van der Waals surface area (Å²) in [5.41, 5.74) is 1.91. The molecule has 0 saturated heterocycles. The number of thiocarbonyl (C=S) groups is 1. The number of furan rings is 1. The zero-order valence-corrected chi connectivity index (χ0v) is 18.0. The first-order valence-electron chi connectivity index (χ1n) is 8.64. The first-order chi connectivity index (χ1) is 13.6. The number of ether oxygens (including phenoxy) is 2. The third-order valence-corrected chi connectivity index (χ3v) is 5.04. The molecule has 7 heteroatoms. The van der Waals surface area contributed by atoms with Gasteiger partial charge in [0.15, 0.2) is 5.11 Å². The smallest absolute Gasteiger partial charge is 0.174 e. The number of hydrogen-bond acceptors (Lipinski definition) is 4. The highest BCUT2D eigenvalue weighted by Crippen LogP contribution is 2.29. The van der Waals surface area contributed by atoms with E-state index < -0.39 is 0 Å². The van der Waals surface area contributed by atoms with Gasteiger partial charge < -0.3 is 24.1 Å². The topological polar surface area (TPSA) is 46.9 Å². The molecule has 0 fully saturated rings. The highest BCUT2D eigenvalue weighted by molar-refractivity contribution is 9.10. The molecule has 0 spiro atoms. The second kappa shape index (κ2) is 9.61. The maximum absolute atomic E-state index is 5.70. The summed E-state index contributed by atoms with van der Waals surface area (Å²) in [4.78, 5) is 2.04. The monoisotopic (exact) mass is 460 g/mol. The van der Waals surface area contributed by atoms with Crippen molar-refractivity contribution >= 4 is 38.9 Å². The fourth-order valence-corrected chi connectivity index (χ4v) is 3.20. The third kappa shape index (κ3) is 5.27. The Morgan fingerprint density at radius 3 is 2.50 bits per heavy atom. The van der Waals surface area contributed by atoms with Crippen LogP contribution in [0.15, 0.2) is 69.8 Å². The van der Waals surface area contributed by atoms with E-state index in [4.69, 9.17) is 26.1 Å². The van der Waals surface area contributed by atoms with Crippen LogP contribution >= 0.6 is 28.1 Å². The van der Waals surface area contributed by atoms with E-state index in [-0.39, 0.29) is 0 Å². The molecule has 0 amide bonds. The van der Waals surface area contributed by atoms with Crippen LogP contribution in [0.4, 0.5) is 5.69 Å². The lowest BCUT2D eigenvalue weighted by Gasteiger charge is -2.26. The van der Waals surface area contributed by atoms with Gasteiger partial charge in [-0.3, -0.25) is 0 Å². The van der Waals surface area contributed by atoms with Crippen molar-refractivity contribution in [1.82, 2.24) is 4.90 Å². The third-order valence-electron chi connectivity index (χ3n) is 4.15. The zero-order valence-electron chi connectivity index (χ0n) is 15.6. The number of hydrogen-bond donors (Lipinski definition) is 1. The van der Waals surface area contributed by atoms with Crippen molar-refractivity contribution in [3.8, 4) is 11.5 Å². The highest BCUT2D eigenvalue weighted by atomic mass is 79.9. The van der Waals surface area contributed by atoms with Gasteiger partial charge >= 0.3 is 0 Å². The molecule has 0 radical (unpaired) electrons. The Balaban J connectivity index is 1.80. The van der Waals surface area contributed by atoms with Gasteiger partial charge in [-0.05, 0) is 54.2 Å². The van der Waals surface area contributed by atoms with E-state index >= 15 is 0 Å². The second-order valence-corrected chi connectivity index (χ2v) is 7.36. The molecule has 1 aromatic heterocycles. The predicted molar refractivity (Wildman–Crippen MR) is 118 cm³/mol. The largest absolute Gasteiger partial charge is 0.497 e. The SMILES string of the molecule is COc1ccc(NC(=S)N(Cc2ccc(Br)cc2)Cc2ccco2)c(OC)c1. The Morgan fingerprint density at radius 2 is 1.86 bits per heavy atom. The van der Waals surface area contributed by atoms with Gasteiger partial charge in [-0.2, -0.15) is 0 Å². The van der Waals surface area contributed by atoms with Crippen LogP contribution in [-0.4, -0.2) is 24.2 Å². The Hall–Kier alpha value is -2.51. The lowest BCUT2D eigenvalue weighted by molar-refractivity contribution is 0.360. The first-order valence-corrected chi connectivity index (χ1v) is 9.84. The van der Waals surface area contributed by atoms with Crippen molar-refractivity contribution in [3.63, 3.8) is 0 Å². The summed E-state index contributed by atoms with van der Waals surface area (Å²) >= 11 is 9.17. The first kappa shape index (κ1) is 20.2. The van der Waals surface area contributed by atoms with Crippen molar-refractivity contribution in [2.75, 3.05) is 19.5 Å². The number of rotatable bonds is 7. The van der Waals surface area contributed by atoms with E-state index in [9.17, 15) is 0 Å². The molecule has 2 aromatic carbocycles. The summed E-state index contributed by atoms with van der Waals surface area (Å²) < 4.78 is 17.3. The molecule has 0 aliphatic rings. The minimum atomic E-state index is 0.549. The Morgan fingerprint density at radius 1 is 1.07 bits per heavy atom. The molecule has 146 valence electrons. The molecule has 28 heavy (non-hydrogen) atoms. The van der Waals surface area contributed by atoms with Crippen LogP contribution in [-0.2, 0) is 13.1 Å². The van der Waals surface area contributed by atoms with Crippen LogP contribution in [0, 0.1) is 0 Å². The van der Waals surface area contributed by atoms with E-state index in [1.165, 1.54) is 0 Å².